The number of nitrogens with zero attached hydrogens (tertiary/aromatic N) is 1. The summed E-state index contributed by atoms with van der Waals surface area (Å²) in [4.78, 5) is 2.40. The van der Waals surface area contributed by atoms with Crippen molar-refractivity contribution >= 4 is 0 Å². The first-order valence-corrected chi connectivity index (χ1v) is 15.1. The molecule has 0 aromatic heterocycles. The highest BCUT2D eigenvalue weighted by Gasteiger charge is 2.55. The number of ether oxygens (including phenoxy) is 2. The maximum absolute atomic E-state index is 10.0. The van der Waals surface area contributed by atoms with Gasteiger partial charge >= 0.3 is 0 Å². The van der Waals surface area contributed by atoms with Gasteiger partial charge in [0.25, 0.3) is 0 Å². The molecule has 0 radical (unpaired) electrons. The van der Waals surface area contributed by atoms with Gasteiger partial charge < -0.3 is 14.6 Å². The fraction of sp³-hybridized carbons (Fsp3) is 0.647. The molecule has 0 heterocycles. The average Bonchev–Trinajstić information content (AvgIpc) is 3.24. The number of fused-ring (bicyclic) bond motifs is 5. The lowest BCUT2D eigenvalue weighted by molar-refractivity contribution is -0.000605. The summed E-state index contributed by atoms with van der Waals surface area (Å²) < 4.78 is 11.8. The van der Waals surface area contributed by atoms with Gasteiger partial charge in [-0.2, -0.15) is 0 Å². The fourth-order valence-corrected chi connectivity index (χ4v) is 8.29. The summed E-state index contributed by atoms with van der Waals surface area (Å²) in [5.74, 6) is 4.80. The van der Waals surface area contributed by atoms with E-state index in [1.807, 2.05) is 18.4 Å². The predicted molar refractivity (Wildman–Crippen MR) is 157 cm³/mol. The number of aromatic hydroxyl groups is 1. The first-order valence-electron chi connectivity index (χ1n) is 15.1. The van der Waals surface area contributed by atoms with E-state index in [9.17, 15) is 5.11 Å². The molecule has 2 saturated carbocycles. The van der Waals surface area contributed by atoms with Crippen molar-refractivity contribution in [1.29, 1.82) is 0 Å². The Bertz CT molecular complexity index is 1020. The van der Waals surface area contributed by atoms with Crippen LogP contribution in [0.25, 0.3) is 0 Å². The van der Waals surface area contributed by atoms with Crippen LogP contribution < -0.4 is 0 Å². The molecule has 1 N–H and O–H groups in total. The molecular formula is C34H51NO3. The van der Waals surface area contributed by atoms with Crippen LogP contribution in [0.3, 0.4) is 0 Å². The van der Waals surface area contributed by atoms with Crippen molar-refractivity contribution in [1.82, 2.24) is 4.90 Å². The summed E-state index contributed by atoms with van der Waals surface area (Å²) in [5.41, 5.74) is 4.54. The van der Waals surface area contributed by atoms with Crippen LogP contribution in [0.15, 0.2) is 54.0 Å². The molecule has 6 atom stereocenters. The van der Waals surface area contributed by atoms with Crippen molar-refractivity contribution in [2.75, 3.05) is 33.4 Å². The van der Waals surface area contributed by atoms with E-state index < -0.39 is 0 Å². The number of methoxy groups -OCH3 is 1. The summed E-state index contributed by atoms with van der Waals surface area (Å²) >= 11 is 0. The van der Waals surface area contributed by atoms with Crippen molar-refractivity contribution in [2.24, 2.45) is 29.1 Å². The van der Waals surface area contributed by atoms with Crippen LogP contribution in [-0.2, 0) is 15.9 Å². The van der Waals surface area contributed by atoms with Gasteiger partial charge in [0.15, 0.2) is 5.76 Å². The molecule has 3 aliphatic carbocycles. The normalized spacial score (nSPS) is 31.3. The molecule has 4 rings (SSSR count). The zero-order valence-corrected chi connectivity index (χ0v) is 24.7. The lowest BCUT2D eigenvalue weighted by atomic mass is 9.51. The molecule has 0 unspecified atom stereocenters. The second kappa shape index (κ2) is 12.8. The molecule has 38 heavy (non-hydrogen) atoms. The van der Waals surface area contributed by atoms with E-state index in [0.717, 1.165) is 62.6 Å². The van der Waals surface area contributed by atoms with E-state index in [4.69, 9.17) is 9.47 Å². The zero-order chi connectivity index (χ0) is 27.3. The number of allylic oxidation sites excluding steroid dienone is 2. The molecule has 2 fully saturated rings. The van der Waals surface area contributed by atoms with E-state index in [1.54, 1.807) is 7.11 Å². The van der Waals surface area contributed by atoms with Crippen LogP contribution >= 0.6 is 0 Å². The number of likely N-dealkylation sites (N-methyl/N-ethyl adjacent to an activating group) is 1. The monoisotopic (exact) mass is 521 g/mol. The van der Waals surface area contributed by atoms with Gasteiger partial charge in [0.1, 0.15) is 12.0 Å². The van der Waals surface area contributed by atoms with Gasteiger partial charge in [-0.3, -0.25) is 4.90 Å². The minimum atomic E-state index is 0.407. The largest absolute Gasteiger partial charge is 0.508 e. The highest BCUT2D eigenvalue weighted by Crippen LogP contribution is 2.64. The van der Waals surface area contributed by atoms with Crippen LogP contribution in [0.5, 0.6) is 5.75 Å². The molecule has 0 bridgehead atoms. The zero-order valence-electron chi connectivity index (χ0n) is 24.7. The summed E-state index contributed by atoms with van der Waals surface area (Å²) in [6.45, 7) is 15.2. The number of rotatable bonds is 11. The van der Waals surface area contributed by atoms with Crippen LogP contribution in [0.4, 0.5) is 0 Å². The molecule has 1 aromatic rings. The standard InChI is InChI=1S/C34H51NO3/c1-7-10-25(22-35(8-2)9-3)20-29(37-6)23-38-18-16-27-11-14-32-33-24(4)19-26-21-28(36)12-13-30(26)31(33)15-17-34(27,32)5/h7,10,12-13,20-21,23-24,27,31-33,36H,8-9,11,14-19,22H2,1-6H3/b10-7-,25-20+,29-23-/t24-,27-,31-,32+,33-,34-/m1/s1. The van der Waals surface area contributed by atoms with Crippen molar-refractivity contribution in [3.05, 3.63) is 65.1 Å². The molecule has 3 aliphatic rings. The van der Waals surface area contributed by atoms with E-state index in [2.05, 4.69) is 63.8 Å². The third-order valence-corrected chi connectivity index (χ3v) is 10.3. The van der Waals surface area contributed by atoms with Gasteiger partial charge in [-0.25, -0.2) is 0 Å². The van der Waals surface area contributed by atoms with E-state index in [0.29, 0.717) is 23.0 Å². The Labute approximate surface area is 231 Å². The van der Waals surface area contributed by atoms with Gasteiger partial charge in [-0.15, -0.1) is 0 Å². The van der Waals surface area contributed by atoms with Gasteiger partial charge in [-0.1, -0.05) is 45.9 Å². The van der Waals surface area contributed by atoms with Crippen LogP contribution in [0, 0.1) is 29.1 Å². The molecule has 0 aliphatic heterocycles. The lowest BCUT2D eigenvalue weighted by Gasteiger charge is -2.53. The number of phenols is 1. The van der Waals surface area contributed by atoms with Gasteiger partial charge in [0, 0.05) is 6.54 Å². The van der Waals surface area contributed by atoms with Gasteiger partial charge in [0.05, 0.1) is 13.7 Å². The van der Waals surface area contributed by atoms with E-state index in [-0.39, 0.29) is 0 Å². The Balaban J connectivity index is 1.38. The molecule has 1 aromatic carbocycles. The average molecular weight is 522 g/mol. The highest BCUT2D eigenvalue weighted by atomic mass is 16.5. The van der Waals surface area contributed by atoms with E-state index >= 15 is 0 Å². The van der Waals surface area contributed by atoms with Crippen molar-refractivity contribution in [2.45, 2.75) is 79.1 Å². The fourth-order valence-electron chi connectivity index (χ4n) is 8.29. The second-order valence-corrected chi connectivity index (χ2v) is 12.2. The summed E-state index contributed by atoms with van der Waals surface area (Å²) in [5, 5.41) is 10.0. The van der Waals surface area contributed by atoms with Gasteiger partial charge in [0.2, 0.25) is 0 Å². The molecule has 0 amide bonds. The molecule has 210 valence electrons. The third kappa shape index (κ3) is 6.01. The molecular weight excluding hydrogens is 470 g/mol. The Morgan fingerprint density at radius 1 is 1.18 bits per heavy atom. The highest BCUT2D eigenvalue weighted by molar-refractivity contribution is 5.40. The summed E-state index contributed by atoms with van der Waals surface area (Å²) in [6.07, 6.45) is 15.6. The Hall–Kier alpha value is -2.20. The Morgan fingerprint density at radius 3 is 2.68 bits per heavy atom. The molecule has 0 saturated heterocycles. The topological polar surface area (TPSA) is 41.9 Å². The van der Waals surface area contributed by atoms with Crippen molar-refractivity contribution < 1.29 is 14.6 Å². The minimum Gasteiger partial charge on any atom is -0.508 e. The van der Waals surface area contributed by atoms with Crippen LogP contribution in [-0.4, -0.2) is 43.4 Å². The summed E-state index contributed by atoms with van der Waals surface area (Å²) in [7, 11) is 1.72. The predicted octanol–water partition coefficient (Wildman–Crippen LogP) is 7.85. The second-order valence-electron chi connectivity index (χ2n) is 12.2. The molecule has 4 nitrogen and oxygen atoms in total. The van der Waals surface area contributed by atoms with Crippen LogP contribution in [0.2, 0.25) is 0 Å². The lowest BCUT2D eigenvalue weighted by Crippen LogP contribution is -2.45. The first kappa shape index (κ1) is 28.8. The molecule has 4 heteroatoms. The first-order chi connectivity index (χ1) is 18.3. The summed E-state index contributed by atoms with van der Waals surface area (Å²) in [6, 6.07) is 6.14. The smallest absolute Gasteiger partial charge is 0.153 e. The number of phenolic OH excluding ortho intramolecular Hbond substituents is 1. The van der Waals surface area contributed by atoms with Crippen molar-refractivity contribution in [3.63, 3.8) is 0 Å². The van der Waals surface area contributed by atoms with Crippen LogP contribution in [0.1, 0.15) is 83.8 Å². The van der Waals surface area contributed by atoms with Crippen molar-refractivity contribution in [3.8, 4) is 5.75 Å². The van der Waals surface area contributed by atoms with Gasteiger partial charge in [-0.05, 0) is 128 Å². The Morgan fingerprint density at radius 2 is 1.97 bits per heavy atom. The SMILES string of the molecule is C\C=C/C(=C\C(=C\OCC[C@H]1CC[C@H]2[C@@H]3[C@H](C)Cc4cc(O)ccc4[C@H]3CC[C@]12C)OC)CN(CC)CC. The number of hydrogen-bond acceptors (Lipinski definition) is 4. The number of hydrogen-bond donors (Lipinski definition) is 1. The molecule has 0 spiro atoms. The Kier molecular flexibility index (Phi) is 9.68. The minimum absolute atomic E-state index is 0.407. The maximum Gasteiger partial charge on any atom is 0.153 e. The quantitative estimate of drug-likeness (QED) is 0.183. The number of benzene rings is 1. The van der Waals surface area contributed by atoms with E-state index in [1.165, 1.54) is 42.4 Å². The third-order valence-electron chi connectivity index (χ3n) is 10.3. The maximum atomic E-state index is 10.0.